The van der Waals surface area contributed by atoms with Gasteiger partial charge in [-0.25, -0.2) is 9.97 Å². The fourth-order valence-corrected chi connectivity index (χ4v) is 2.05. The van der Waals surface area contributed by atoms with Crippen molar-refractivity contribution in [3.8, 4) is 0 Å². The van der Waals surface area contributed by atoms with Gasteiger partial charge in [-0.1, -0.05) is 17.7 Å². The molecule has 1 aliphatic carbocycles. The van der Waals surface area contributed by atoms with Crippen LogP contribution in [0.4, 0.5) is 0 Å². The number of nitrogens with zero attached hydrogens (tertiary/aromatic N) is 2. The van der Waals surface area contributed by atoms with Gasteiger partial charge in [0.15, 0.2) is 0 Å². The van der Waals surface area contributed by atoms with Crippen LogP contribution in [0.1, 0.15) is 24.5 Å². The van der Waals surface area contributed by atoms with E-state index in [1.807, 2.05) is 12.4 Å². The van der Waals surface area contributed by atoms with Crippen LogP contribution >= 0.6 is 0 Å². The number of hydrogen-bond acceptors (Lipinski definition) is 2. The molecule has 0 saturated heterocycles. The lowest BCUT2D eigenvalue weighted by molar-refractivity contribution is 1.04. The van der Waals surface area contributed by atoms with Crippen LogP contribution in [0.25, 0.3) is 12.2 Å². The minimum Gasteiger partial charge on any atom is -0.345 e. The van der Waals surface area contributed by atoms with Crippen molar-refractivity contribution in [3.05, 3.63) is 59.7 Å². The Kier molecular flexibility index (Phi) is 2.92. The molecule has 0 unspecified atom stereocenters. The van der Waals surface area contributed by atoms with Crippen LogP contribution in [-0.4, -0.2) is 19.9 Å². The van der Waals surface area contributed by atoms with Gasteiger partial charge in [0, 0.05) is 24.8 Å². The number of H-pyrrole nitrogens is 2. The van der Waals surface area contributed by atoms with E-state index in [9.17, 15) is 0 Å². The Bertz CT molecular complexity index is 586. The van der Waals surface area contributed by atoms with Gasteiger partial charge >= 0.3 is 0 Å². The smallest absolute Gasteiger partial charge is 0.130 e. The van der Waals surface area contributed by atoms with Crippen molar-refractivity contribution in [2.24, 2.45) is 0 Å². The van der Waals surface area contributed by atoms with Crippen molar-refractivity contribution in [2.45, 2.75) is 12.8 Å². The maximum atomic E-state index is 4.22. The summed E-state index contributed by atoms with van der Waals surface area (Å²) in [5, 5.41) is 0. The van der Waals surface area contributed by atoms with Crippen molar-refractivity contribution < 1.29 is 0 Å². The van der Waals surface area contributed by atoms with Gasteiger partial charge in [0.1, 0.15) is 11.6 Å². The van der Waals surface area contributed by atoms with Crippen LogP contribution in [0.15, 0.2) is 48.1 Å². The average Bonchev–Trinajstić information content (AvgIpc) is 3.03. The summed E-state index contributed by atoms with van der Waals surface area (Å²) in [4.78, 5) is 14.6. The number of nitrogens with one attached hydrogen (secondary N) is 2. The second-order valence-electron chi connectivity index (χ2n) is 4.25. The van der Waals surface area contributed by atoms with E-state index < -0.39 is 0 Å². The highest BCUT2D eigenvalue weighted by Crippen LogP contribution is 2.24. The van der Waals surface area contributed by atoms with Gasteiger partial charge in [-0.2, -0.15) is 0 Å². The van der Waals surface area contributed by atoms with Gasteiger partial charge in [0.05, 0.1) is 0 Å². The van der Waals surface area contributed by atoms with Crippen LogP contribution in [0, 0.1) is 0 Å². The predicted molar refractivity (Wildman–Crippen MR) is 71.5 cm³/mol. The molecule has 1 aliphatic rings. The highest BCUT2D eigenvalue weighted by Gasteiger charge is 2.06. The van der Waals surface area contributed by atoms with Gasteiger partial charge in [0.2, 0.25) is 0 Å². The molecule has 2 heterocycles. The molecule has 2 N–H and O–H groups in total. The Morgan fingerprint density at radius 2 is 1.72 bits per heavy atom. The fourth-order valence-electron chi connectivity index (χ4n) is 2.05. The molecule has 4 heteroatoms. The first-order valence-electron chi connectivity index (χ1n) is 5.95. The molecule has 18 heavy (non-hydrogen) atoms. The summed E-state index contributed by atoms with van der Waals surface area (Å²) < 4.78 is 0. The molecule has 0 atom stereocenters. The Morgan fingerprint density at radius 3 is 2.39 bits per heavy atom. The van der Waals surface area contributed by atoms with Crippen LogP contribution in [0.2, 0.25) is 0 Å². The molecule has 4 nitrogen and oxygen atoms in total. The lowest BCUT2D eigenvalue weighted by Crippen LogP contribution is -1.93. The predicted octanol–water partition coefficient (Wildman–Crippen LogP) is 2.95. The van der Waals surface area contributed by atoms with E-state index in [4.69, 9.17) is 0 Å². The third kappa shape index (κ3) is 2.48. The molecule has 0 spiro atoms. The molecule has 0 bridgehead atoms. The SMILES string of the molecule is C1=CC(=Cc2ncc[nH]2)CC(=Cc2ncc[nH]2)C1. The highest BCUT2D eigenvalue weighted by molar-refractivity contribution is 5.56. The number of hydrogen-bond donors (Lipinski definition) is 2. The van der Waals surface area contributed by atoms with Crippen molar-refractivity contribution in [3.63, 3.8) is 0 Å². The van der Waals surface area contributed by atoms with Crippen molar-refractivity contribution in [1.29, 1.82) is 0 Å². The summed E-state index contributed by atoms with van der Waals surface area (Å²) in [7, 11) is 0. The molecule has 3 rings (SSSR count). The molecule has 0 aromatic carbocycles. The van der Waals surface area contributed by atoms with Gasteiger partial charge in [0.25, 0.3) is 0 Å². The third-order valence-electron chi connectivity index (χ3n) is 2.84. The summed E-state index contributed by atoms with van der Waals surface area (Å²) >= 11 is 0. The van der Waals surface area contributed by atoms with Gasteiger partial charge < -0.3 is 9.97 Å². The van der Waals surface area contributed by atoms with Gasteiger partial charge in [-0.05, 0) is 30.6 Å². The van der Waals surface area contributed by atoms with E-state index in [0.717, 1.165) is 24.5 Å². The molecule has 2 aromatic rings. The van der Waals surface area contributed by atoms with Crippen LogP contribution in [-0.2, 0) is 0 Å². The zero-order chi connectivity index (χ0) is 12.2. The normalized spacial score (nSPS) is 19.8. The summed E-state index contributed by atoms with van der Waals surface area (Å²) in [6, 6.07) is 0. The Hall–Kier alpha value is -2.36. The van der Waals surface area contributed by atoms with Crippen LogP contribution < -0.4 is 0 Å². The summed E-state index contributed by atoms with van der Waals surface area (Å²) in [5.74, 6) is 1.81. The molecule has 0 saturated carbocycles. The summed E-state index contributed by atoms with van der Waals surface area (Å²) in [6.07, 6.45) is 17.6. The van der Waals surface area contributed by atoms with E-state index in [1.54, 1.807) is 12.4 Å². The second-order valence-corrected chi connectivity index (χ2v) is 4.25. The fraction of sp³-hybridized carbons (Fsp3) is 0.143. The Labute approximate surface area is 105 Å². The topological polar surface area (TPSA) is 57.4 Å². The van der Waals surface area contributed by atoms with E-state index in [-0.39, 0.29) is 0 Å². The number of allylic oxidation sites excluding steroid dienone is 4. The van der Waals surface area contributed by atoms with Crippen LogP contribution in [0.3, 0.4) is 0 Å². The van der Waals surface area contributed by atoms with Gasteiger partial charge in [-0.15, -0.1) is 0 Å². The highest BCUT2D eigenvalue weighted by atomic mass is 14.9. The molecule has 90 valence electrons. The number of imidazole rings is 2. The van der Waals surface area contributed by atoms with Crippen molar-refractivity contribution in [1.82, 2.24) is 19.9 Å². The first-order chi connectivity index (χ1) is 8.90. The standard InChI is InChI=1S/C14H14N4/c1-2-11(9-13-15-4-5-16-13)8-12(3-1)10-14-17-6-7-18-14/h1-2,4-7,9-10H,3,8H2,(H,15,16)(H,17,18). The zero-order valence-corrected chi connectivity index (χ0v) is 9.93. The van der Waals surface area contributed by atoms with Crippen molar-refractivity contribution in [2.75, 3.05) is 0 Å². The quantitative estimate of drug-likeness (QED) is 0.845. The van der Waals surface area contributed by atoms with E-state index in [2.05, 4.69) is 44.2 Å². The number of aromatic nitrogens is 4. The molecular formula is C14H14N4. The first-order valence-corrected chi connectivity index (χ1v) is 5.95. The minimum atomic E-state index is 0.897. The van der Waals surface area contributed by atoms with E-state index in [0.29, 0.717) is 0 Å². The van der Waals surface area contributed by atoms with Gasteiger partial charge in [-0.3, -0.25) is 0 Å². The Balaban J connectivity index is 1.80. The molecule has 0 fully saturated rings. The van der Waals surface area contributed by atoms with E-state index >= 15 is 0 Å². The molecule has 2 aromatic heterocycles. The third-order valence-corrected chi connectivity index (χ3v) is 2.84. The molecule has 0 aliphatic heterocycles. The Morgan fingerprint density at radius 1 is 1.00 bits per heavy atom. The lowest BCUT2D eigenvalue weighted by Gasteiger charge is -2.11. The maximum Gasteiger partial charge on any atom is 0.130 e. The largest absolute Gasteiger partial charge is 0.345 e. The summed E-state index contributed by atoms with van der Waals surface area (Å²) in [5.41, 5.74) is 2.61. The zero-order valence-electron chi connectivity index (χ0n) is 9.93. The second kappa shape index (κ2) is 4.87. The maximum absolute atomic E-state index is 4.22. The molecule has 0 amide bonds. The average molecular weight is 238 g/mol. The first kappa shape index (κ1) is 10.8. The number of aromatic amines is 2. The monoisotopic (exact) mass is 238 g/mol. The lowest BCUT2D eigenvalue weighted by atomic mass is 9.95. The van der Waals surface area contributed by atoms with E-state index in [1.165, 1.54) is 11.1 Å². The summed E-state index contributed by atoms with van der Waals surface area (Å²) in [6.45, 7) is 0. The minimum absolute atomic E-state index is 0.897. The number of rotatable bonds is 2. The van der Waals surface area contributed by atoms with Crippen LogP contribution in [0.5, 0.6) is 0 Å². The molecular weight excluding hydrogens is 224 g/mol. The van der Waals surface area contributed by atoms with Crippen molar-refractivity contribution >= 4 is 12.2 Å². The molecule has 0 radical (unpaired) electrons.